The molecule has 6 heteroatoms. The summed E-state index contributed by atoms with van der Waals surface area (Å²) in [5, 5.41) is 6.16. The van der Waals surface area contributed by atoms with Crippen molar-refractivity contribution in [2.24, 2.45) is 5.14 Å². The molecule has 0 bridgehead atoms. The highest BCUT2D eigenvalue weighted by molar-refractivity contribution is 7.84. The van der Waals surface area contributed by atoms with Crippen LogP contribution >= 0.6 is 0 Å². The molecule has 0 aromatic heterocycles. The molecule has 18 heavy (non-hydrogen) atoms. The van der Waals surface area contributed by atoms with Crippen molar-refractivity contribution in [1.82, 2.24) is 0 Å². The van der Waals surface area contributed by atoms with Gasteiger partial charge in [0.2, 0.25) is 0 Å². The third-order valence-corrected chi connectivity index (χ3v) is 9.70. The molecular formula is C12H25NO3SSi. The summed E-state index contributed by atoms with van der Waals surface area (Å²) in [6.07, 6.45) is 2.42. The minimum atomic E-state index is -3.85. The topological polar surface area (TPSA) is 69.4 Å². The lowest BCUT2D eigenvalue weighted by molar-refractivity contribution is 0.324. The first-order chi connectivity index (χ1) is 7.92. The summed E-state index contributed by atoms with van der Waals surface area (Å²) in [6.45, 7) is 13.1. The molecule has 0 saturated carbocycles. The Bertz CT molecular complexity index is 440. The Hall–Kier alpha value is -0.393. The molecule has 0 rings (SSSR count). The SMILES string of the molecule is CC=C=C(CCOS(N)(=O)=O)[Si](C)(C)C(C)(C)C. The highest BCUT2D eigenvalue weighted by Crippen LogP contribution is 2.41. The fourth-order valence-electron chi connectivity index (χ4n) is 1.45. The molecular weight excluding hydrogens is 266 g/mol. The number of rotatable bonds is 5. The van der Waals surface area contributed by atoms with Crippen molar-refractivity contribution in [2.45, 2.75) is 52.2 Å². The zero-order valence-corrected chi connectivity index (χ0v) is 14.0. The molecule has 4 nitrogen and oxygen atoms in total. The summed E-state index contributed by atoms with van der Waals surface area (Å²) in [5.74, 6) is 0. The molecule has 0 heterocycles. The summed E-state index contributed by atoms with van der Waals surface area (Å²) in [4.78, 5) is 0. The zero-order chi connectivity index (χ0) is 14.6. The lowest BCUT2D eigenvalue weighted by atomic mass is 10.2. The second-order valence-corrected chi connectivity index (χ2v) is 12.4. The normalized spacial score (nSPS) is 13.1. The second-order valence-electron chi connectivity index (χ2n) is 5.85. The third-order valence-electron chi connectivity index (χ3n) is 3.55. The molecule has 0 radical (unpaired) electrons. The summed E-state index contributed by atoms with van der Waals surface area (Å²) >= 11 is 0. The van der Waals surface area contributed by atoms with Gasteiger partial charge in [-0.2, -0.15) is 8.42 Å². The third kappa shape index (κ3) is 5.50. The standard InChI is InChI=1S/C12H25NO3SSi/c1-7-8-11(9-10-16-17(13,14)15)18(5,6)12(2,3)4/h7H,9-10H2,1-6H3,(H2,13,14,15). The molecule has 0 fully saturated rings. The van der Waals surface area contributed by atoms with E-state index in [1.807, 2.05) is 13.0 Å². The van der Waals surface area contributed by atoms with Crippen molar-refractivity contribution in [3.05, 3.63) is 17.0 Å². The van der Waals surface area contributed by atoms with E-state index in [1.54, 1.807) is 0 Å². The number of hydrogen-bond acceptors (Lipinski definition) is 3. The first kappa shape index (κ1) is 17.6. The van der Waals surface area contributed by atoms with Crippen LogP contribution in [0.3, 0.4) is 0 Å². The maximum atomic E-state index is 10.7. The van der Waals surface area contributed by atoms with Gasteiger partial charge in [0, 0.05) is 0 Å². The molecule has 0 unspecified atom stereocenters. The lowest BCUT2D eigenvalue weighted by Crippen LogP contribution is -2.40. The Morgan fingerprint density at radius 2 is 1.89 bits per heavy atom. The molecule has 0 spiro atoms. The van der Waals surface area contributed by atoms with Crippen molar-refractivity contribution in [2.75, 3.05) is 6.61 Å². The van der Waals surface area contributed by atoms with E-state index < -0.39 is 18.4 Å². The van der Waals surface area contributed by atoms with Gasteiger partial charge in [-0.05, 0) is 29.7 Å². The van der Waals surface area contributed by atoms with Gasteiger partial charge in [0.25, 0.3) is 0 Å². The first-order valence-corrected chi connectivity index (χ1v) is 10.5. The molecule has 0 aromatic carbocycles. The molecule has 0 amide bonds. The first-order valence-electron chi connectivity index (χ1n) is 5.99. The maximum Gasteiger partial charge on any atom is 0.333 e. The summed E-state index contributed by atoms with van der Waals surface area (Å²) in [7, 11) is -5.54. The highest BCUT2D eigenvalue weighted by atomic mass is 32.2. The van der Waals surface area contributed by atoms with Crippen LogP contribution in [0.15, 0.2) is 17.0 Å². The number of hydrogen-bond donors (Lipinski definition) is 1. The van der Waals surface area contributed by atoms with Gasteiger partial charge in [0.05, 0.1) is 14.7 Å². The van der Waals surface area contributed by atoms with E-state index in [0.29, 0.717) is 6.42 Å². The minimum absolute atomic E-state index is 0.0848. The monoisotopic (exact) mass is 291 g/mol. The molecule has 0 aliphatic carbocycles. The van der Waals surface area contributed by atoms with Crippen LogP contribution < -0.4 is 5.14 Å². The van der Waals surface area contributed by atoms with Crippen LogP contribution in [0, 0.1) is 0 Å². The Morgan fingerprint density at radius 3 is 2.22 bits per heavy atom. The van der Waals surface area contributed by atoms with E-state index in [2.05, 4.69) is 43.8 Å². The van der Waals surface area contributed by atoms with Crippen LogP contribution in [-0.4, -0.2) is 23.1 Å². The van der Waals surface area contributed by atoms with E-state index in [9.17, 15) is 8.42 Å². The Kier molecular flexibility index (Phi) is 6.03. The van der Waals surface area contributed by atoms with Crippen LogP contribution in [0.1, 0.15) is 34.1 Å². The molecule has 0 atom stereocenters. The highest BCUT2D eigenvalue weighted by Gasteiger charge is 2.38. The van der Waals surface area contributed by atoms with Crippen molar-refractivity contribution in [3.8, 4) is 0 Å². The van der Waals surface area contributed by atoms with Gasteiger partial charge in [-0.15, -0.1) is 5.73 Å². The van der Waals surface area contributed by atoms with Crippen molar-refractivity contribution in [1.29, 1.82) is 0 Å². The molecule has 0 aliphatic rings. The van der Waals surface area contributed by atoms with E-state index in [1.165, 1.54) is 5.20 Å². The Balaban J connectivity index is 4.99. The van der Waals surface area contributed by atoms with Gasteiger partial charge in [0.15, 0.2) is 0 Å². The van der Waals surface area contributed by atoms with E-state index in [4.69, 9.17) is 5.14 Å². The predicted octanol–water partition coefficient (Wildman–Crippen LogP) is 2.75. The smallest absolute Gasteiger partial charge is 0.258 e. The maximum absolute atomic E-state index is 10.7. The fourth-order valence-corrected chi connectivity index (χ4v) is 3.91. The summed E-state index contributed by atoms with van der Waals surface area (Å²) in [5.41, 5.74) is 3.25. The molecule has 106 valence electrons. The quantitative estimate of drug-likeness (QED) is 0.625. The Morgan fingerprint density at radius 1 is 1.39 bits per heavy atom. The van der Waals surface area contributed by atoms with Gasteiger partial charge < -0.3 is 0 Å². The molecule has 2 N–H and O–H groups in total. The van der Waals surface area contributed by atoms with Gasteiger partial charge in [-0.3, -0.25) is 4.18 Å². The fraction of sp³-hybridized carbons (Fsp3) is 0.750. The largest absolute Gasteiger partial charge is 0.333 e. The average molecular weight is 291 g/mol. The van der Waals surface area contributed by atoms with Gasteiger partial charge in [0.1, 0.15) is 0 Å². The second kappa shape index (κ2) is 6.17. The summed E-state index contributed by atoms with van der Waals surface area (Å²) in [6, 6.07) is 0. The molecule has 0 aliphatic heterocycles. The van der Waals surface area contributed by atoms with Crippen molar-refractivity contribution >= 4 is 18.4 Å². The van der Waals surface area contributed by atoms with E-state index in [0.717, 1.165) is 0 Å². The van der Waals surface area contributed by atoms with E-state index >= 15 is 0 Å². The van der Waals surface area contributed by atoms with Crippen LogP contribution in [-0.2, 0) is 14.5 Å². The van der Waals surface area contributed by atoms with Gasteiger partial charge >= 0.3 is 10.3 Å². The van der Waals surface area contributed by atoms with Gasteiger partial charge in [-0.25, -0.2) is 5.14 Å². The zero-order valence-electron chi connectivity index (χ0n) is 12.2. The Labute approximate surface area is 112 Å². The van der Waals surface area contributed by atoms with Crippen molar-refractivity contribution < 1.29 is 12.6 Å². The molecule has 0 aromatic rings. The van der Waals surface area contributed by atoms with Gasteiger partial charge in [-0.1, -0.05) is 33.9 Å². The lowest BCUT2D eigenvalue weighted by Gasteiger charge is -2.38. The predicted molar refractivity (Wildman–Crippen MR) is 78.1 cm³/mol. The van der Waals surface area contributed by atoms with Crippen LogP contribution in [0.2, 0.25) is 18.1 Å². The van der Waals surface area contributed by atoms with Crippen LogP contribution in [0.4, 0.5) is 0 Å². The van der Waals surface area contributed by atoms with Crippen LogP contribution in [0.25, 0.3) is 0 Å². The summed E-state index contributed by atoms with van der Waals surface area (Å²) < 4.78 is 26.1. The molecule has 0 saturated heterocycles. The van der Waals surface area contributed by atoms with Crippen LogP contribution in [0.5, 0.6) is 0 Å². The van der Waals surface area contributed by atoms with E-state index in [-0.39, 0.29) is 11.6 Å². The van der Waals surface area contributed by atoms with Crippen molar-refractivity contribution in [3.63, 3.8) is 0 Å². The number of nitrogens with two attached hydrogens (primary N) is 1. The minimum Gasteiger partial charge on any atom is -0.258 e. The average Bonchev–Trinajstić information content (AvgIpc) is 2.12.